The molecule has 1 aliphatic carbocycles. The zero-order chi connectivity index (χ0) is 12.3. The van der Waals surface area contributed by atoms with Gasteiger partial charge in [-0.15, -0.1) is 5.10 Å². The van der Waals surface area contributed by atoms with Crippen LogP contribution in [0, 0.1) is 0 Å². The van der Waals surface area contributed by atoms with Crippen molar-refractivity contribution in [3.05, 3.63) is 5.82 Å². The van der Waals surface area contributed by atoms with E-state index in [1.54, 1.807) is 11.8 Å². The molecule has 1 heterocycles. The summed E-state index contributed by atoms with van der Waals surface area (Å²) < 4.78 is 1.50. The normalized spacial score (nSPS) is 17.7. The van der Waals surface area contributed by atoms with Crippen LogP contribution in [0.15, 0.2) is 0 Å². The summed E-state index contributed by atoms with van der Waals surface area (Å²) >= 11 is 1.63. The first-order chi connectivity index (χ1) is 8.24. The van der Waals surface area contributed by atoms with Gasteiger partial charge in [-0.2, -0.15) is 11.8 Å². The Kier molecular flexibility index (Phi) is 3.98. The van der Waals surface area contributed by atoms with Gasteiger partial charge >= 0.3 is 5.97 Å². The van der Waals surface area contributed by atoms with E-state index < -0.39 is 12.0 Å². The fraction of sp³-hybridized carbons (Fsp3) is 0.800. The van der Waals surface area contributed by atoms with Crippen LogP contribution < -0.4 is 0 Å². The lowest BCUT2D eigenvalue weighted by atomic mass is 9.84. The molecular formula is C10H16N4O2S. The van der Waals surface area contributed by atoms with E-state index in [0.29, 0.717) is 12.3 Å². The van der Waals surface area contributed by atoms with Crippen LogP contribution in [0.4, 0.5) is 0 Å². The third kappa shape index (κ3) is 2.59. The molecule has 1 atom stereocenters. The van der Waals surface area contributed by atoms with Crippen LogP contribution in [-0.2, 0) is 4.79 Å². The average Bonchev–Trinajstić information content (AvgIpc) is 2.65. The fourth-order valence-corrected chi connectivity index (χ4v) is 2.40. The monoisotopic (exact) mass is 256 g/mol. The number of nitrogens with zero attached hydrogens (tertiary/aromatic N) is 4. The SMILES string of the molecule is CSCCC(C(=O)O)n1nnnc1C1CCC1. The Bertz CT molecular complexity index is 391. The number of aromatic nitrogens is 4. The van der Waals surface area contributed by atoms with E-state index in [1.165, 1.54) is 11.1 Å². The molecule has 0 aliphatic heterocycles. The van der Waals surface area contributed by atoms with Crippen LogP contribution in [-0.4, -0.2) is 43.3 Å². The van der Waals surface area contributed by atoms with Crippen LogP contribution in [0.2, 0.25) is 0 Å². The molecule has 1 N–H and O–H groups in total. The first-order valence-electron chi connectivity index (χ1n) is 5.73. The highest BCUT2D eigenvalue weighted by Gasteiger charge is 2.30. The molecule has 0 radical (unpaired) electrons. The summed E-state index contributed by atoms with van der Waals surface area (Å²) in [4.78, 5) is 11.3. The molecule has 0 aromatic carbocycles. The summed E-state index contributed by atoms with van der Waals surface area (Å²) in [5, 5.41) is 20.7. The number of rotatable bonds is 6. The number of hydrogen-bond donors (Lipinski definition) is 1. The lowest BCUT2D eigenvalue weighted by Gasteiger charge is -2.25. The minimum Gasteiger partial charge on any atom is -0.480 e. The lowest BCUT2D eigenvalue weighted by molar-refractivity contribution is -0.141. The van der Waals surface area contributed by atoms with E-state index in [1.807, 2.05) is 6.26 Å². The summed E-state index contributed by atoms with van der Waals surface area (Å²) in [5.74, 6) is 1.03. The maximum absolute atomic E-state index is 11.3. The van der Waals surface area contributed by atoms with Crippen molar-refractivity contribution in [2.75, 3.05) is 12.0 Å². The van der Waals surface area contributed by atoms with Gasteiger partial charge in [0.15, 0.2) is 11.9 Å². The molecule has 1 aromatic rings. The molecular weight excluding hydrogens is 240 g/mol. The molecule has 0 bridgehead atoms. The van der Waals surface area contributed by atoms with Crippen molar-refractivity contribution in [2.24, 2.45) is 0 Å². The molecule has 1 aliphatic rings. The van der Waals surface area contributed by atoms with Crippen LogP contribution in [0.5, 0.6) is 0 Å². The van der Waals surface area contributed by atoms with Crippen LogP contribution in [0.25, 0.3) is 0 Å². The molecule has 0 spiro atoms. The van der Waals surface area contributed by atoms with Gasteiger partial charge in [-0.05, 0) is 41.7 Å². The summed E-state index contributed by atoms with van der Waals surface area (Å²) in [6.07, 6.45) is 5.83. The molecule has 2 rings (SSSR count). The van der Waals surface area contributed by atoms with Crippen molar-refractivity contribution < 1.29 is 9.90 Å². The number of tetrazole rings is 1. The second-order valence-electron chi connectivity index (χ2n) is 4.24. The largest absolute Gasteiger partial charge is 0.480 e. The van der Waals surface area contributed by atoms with Crippen molar-refractivity contribution in [1.82, 2.24) is 20.2 Å². The van der Waals surface area contributed by atoms with Crippen molar-refractivity contribution in [1.29, 1.82) is 0 Å². The Morgan fingerprint density at radius 2 is 2.41 bits per heavy atom. The molecule has 17 heavy (non-hydrogen) atoms. The first-order valence-corrected chi connectivity index (χ1v) is 7.13. The van der Waals surface area contributed by atoms with Gasteiger partial charge in [0, 0.05) is 5.92 Å². The Morgan fingerprint density at radius 1 is 1.65 bits per heavy atom. The molecule has 7 heteroatoms. The van der Waals surface area contributed by atoms with Gasteiger partial charge in [0.05, 0.1) is 0 Å². The Hall–Kier alpha value is -1.11. The second-order valence-corrected chi connectivity index (χ2v) is 5.23. The smallest absolute Gasteiger partial charge is 0.328 e. The minimum atomic E-state index is -0.855. The van der Waals surface area contributed by atoms with Crippen LogP contribution >= 0.6 is 11.8 Å². The second kappa shape index (κ2) is 5.48. The summed E-state index contributed by atoms with van der Waals surface area (Å²) in [6, 6.07) is -0.631. The van der Waals surface area contributed by atoms with Crippen LogP contribution in [0.3, 0.4) is 0 Å². The number of aliphatic carboxylic acids is 1. The van der Waals surface area contributed by atoms with Gasteiger partial charge < -0.3 is 5.11 Å². The zero-order valence-corrected chi connectivity index (χ0v) is 10.6. The predicted octanol–water partition coefficient (Wildman–Crippen LogP) is 1.32. The average molecular weight is 256 g/mol. The fourth-order valence-electron chi connectivity index (χ4n) is 1.94. The van der Waals surface area contributed by atoms with Gasteiger partial charge in [-0.1, -0.05) is 6.42 Å². The van der Waals surface area contributed by atoms with Gasteiger partial charge in [0.1, 0.15) is 0 Å². The first kappa shape index (κ1) is 12.3. The number of carboxylic acid groups (broad SMARTS) is 1. The molecule has 1 fully saturated rings. The molecule has 0 amide bonds. The zero-order valence-electron chi connectivity index (χ0n) is 9.74. The molecule has 94 valence electrons. The summed E-state index contributed by atoms with van der Waals surface area (Å²) in [5.41, 5.74) is 0. The standard InChI is InChI=1S/C10H16N4O2S/c1-17-6-5-8(10(15)16)14-9(11-12-13-14)7-3-2-4-7/h7-8H,2-6H2,1H3,(H,15,16). The third-order valence-corrected chi connectivity index (χ3v) is 3.81. The lowest BCUT2D eigenvalue weighted by Crippen LogP contribution is -2.26. The molecule has 6 nitrogen and oxygen atoms in total. The Morgan fingerprint density at radius 3 is 2.94 bits per heavy atom. The van der Waals surface area contributed by atoms with Crippen molar-refractivity contribution in [2.45, 2.75) is 37.6 Å². The highest BCUT2D eigenvalue weighted by molar-refractivity contribution is 7.98. The van der Waals surface area contributed by atoms with Crippen molar-refractivity contribution in [3.8, 4) is 0 Å². The van der Waals surface area contributed by atoms with E-state index in [0.717, 1.165) is 24.4 Å². The molecule has 1 saturated carbocycles. The van der Waals surface area contributed by atoms with E-state index in [-0.39, 0.29) is 0 Å². The molecule has 1 unspecified atom stereocenters. The highest BCUT2D eigenvalue weighted by Crippen LogP contribution is 2.35. The molecule has 1 aromatic heterocycles. The summed E-state index contributed by atoms with van der Waals surface area (Å²) in [7, 11) is 0. The summed E-state index contributed by atoms with van der Waals surface area (Å²) in [6.45, 7) is 0. The maximum atomic E-state index is 11.3. The maximum Gasteiger partial charge on any atom is 0.328 e. The number of carboxylic acids is 1. The predicted molar refractivity (Wildman–Crippen MR) is 64.1 cm³/mol. The van der Waals surface area contributed by atoms with E-state index in [2.05, 4.69) is 15.5 Å². The highest BCUT2D eigenvalue weighted by atomic mass is 32.2. The quantitative estimate of drug-likeness (QED) is 0.826. The van der Waals surface area contributed by atoms with Crippen molar-refractivity contribution >= 4 is 17.7 Å². The topological polar surface area (TPSA) is 80.9 Å². The van der Waals surface area contributed by atoms with Crippen LogP contribution in [0.1, 0.15) is 43.5 Å². The van der Waals surface area contributed by atoms with Crippen molar-refractivity contribution in [3.63, 3.8) is 0 Å². The number of thioether (sulfide) groups is 1. The Labute approximate surface area is 104 Å². The third-order valence-electron chi connectivity index (χ3n) is 3.16. The minimum absolute atomic E-state index is 0.348. The van der Waals surface area contributed by atoms with E-state index >= 15 is 0 Å². The van der Waals surface area contributed by atoms with E-state index in [9.17, 15) is 9.90 Å². The molecule has 0 saturated heterocycles. The number of carbonyl (C=O) groups is 1. The van der Waals surface area contributed by atoms with Gasteiger partial charge in [0.2, 0.25) is 0 Å². The van der Waals surface area contributed by atoms with E-state index in [4.69, 9.17) is 0 Å². The van der Waals surface area contributed by atoms with Gasteiger partial charge in [0.25, 0.3) is 0 Å². The number of hydrogen-bond acceptors (Lipinski definition) is 5. The Balaban J connectivity index is 2.16. The van der Waals surface area contributed by atoms with Gasteiger partial charge in [-0.3, -0.25) is 0 Å². The van der Waals surface area contributed by atoms with Gasteiger partial charge in [-0.25, -0.2) is 9.48 Å².